The second kappa shape index (κ2) is 10.2. The number of nitrogens with one attached hydrogen (secondary N) is 1. The lowest BCUT2D eigenvalue weighted by Crippen LogP contribution is -2.18. The fourth-order valence-electron chi connectivity index (χ4n) is 5.24. The zero-order valence-electron chi connectivity index (χ0n) is 22.2. The van der Waals surface area contributed by atoms with Crippen molar-refractivity contribution >= 4 is 34.2 Å². The molecule has 0 saturated heterocycles. The fraction of sp³-hybridized carbons (Fsp3) is 0.188. The molecule has 0 fully saturated rings. The first-order valence-corrected chi connectivity index (χ1v) is 13.1. The highest BCUT2D eigenvalue weighted by Crippen LogP contribution is 2.37. The number of nitrogens with zero attached hydrogens (tertiary/aromatic N) is 4. The number of imidazole rings is 1. The largest absolute Gasteiger partial charge is 0.501 e. The molecule has 0 saturated carbocycles. The Morgan fingerprint density at radius 2 is 2.03 bits per heavy atom. The summed E-state index contributed by atoms with van der Waals surface area (Å²) in [7, 11) is 0. The summed E-state index contributed by atoms with van der Waals surface area (Å²) in [6.07, 6.45) is 9.91. The summed E-state index contributed by atoms with van der Waals surface area (Å²) < 4.78 is 7.07. The molecule has 1 aliphatic rings. The number of pyridine rings is 2. The number of carbonyl (C=O) groups is 1. The van der Waals surface area contributed by atoms with Gasteiger partial charge >= 0.3 is 0 Å². The molecule has 194 valence electrons. The number of aliphatic imine (C=N–C) groups is 1. The number of amides is 1. The maximum Gasteiger partial charge on any atom is 0.296 e. The van der Waals surface area contributed by atoms with Crippen LogP contribution in [0, 0.1) is 6.92 Å². The van der Waals surface area contributed by atoms with Crippen molar-refractivity contribution in [2.24, 2.45) is 4.99 Å². The van der Waals surface area contributed by atoms with Crippen LogP contribution in [-0.4, -0.2) is 37.6 Å². The fourth-order valence-corrected chi connectivity index (χ4v) is 5.24. The average Bonchev–Trinajstić information content (AvgIpc) is 3.53. The molecule has 1 unspecified atom stereocenters. The van der Waals surface area contributed by atoms with Crippen LogP contribution in [0.2, 0.25) is 0 Å². The van der Waals surface area contributed by atoms with Crippen LogP contribution >= 0.6 is 0 Å². The Labute approximate surface area is 226 Å². The van der Waals surface area contributed by atoms with Crippen LogP contribution in [0.15, 0.2) is 89.9 Å². The van der Waals surface area contributed by atoms with Crippen molar-refractivity contribution in [3.8, 4) is 0 Å². The number of ether oxygens (including phenoxy) is 1. The van der Waals surface area contributed by atoms with Gasteiger partial charge in [0.15, 0.2) is 0 Å². The lowest BCUT2D eigenvalue weighted by Gasteiger charge is -2.22. The highest BCUT2D eigenvalue weighted by Gasteiger charge is 2.29. The van der Waals surface area contributed by atoms with Crippen LogP contribution in [0.3, 0.4) is 0 Å². The molecule has 1 N–H and O–H groups in total. The predicted octanol–water partition coefficient (Wildman–Crippen LogP) is 6.44. The van der Waals surface area contributed by atoms with Crippen molar-refractivity contribution < 1.29 is 9.53 Å². The summed E-state index contributed by atoms with van der Waals surface area (Å²) in [6.45, 7) is 6.58. The Morgan fingerprint density at radius 1 is 1.15 bits per heavy atom. The van der Waals surface area contributed by atoms with Crippen molar-refractivity contribution in [1.29, 1.82) is 0 Å². The minimum atomic E-state index is -0.335. The zero-order chi connectivity index (χ0) is 26.9. The van der Waals surface area contributed by atoms with E-state index in [-0.39, 0.29) is 11.8 Å². The Morgan fingerprint density at radius 3 is 2.87 bits per heavy atom. The number of hydrogen-bond donors (Lipinski definition) is 1. The van der Waals surface area contributed by atoms with Crippen molar-refractivity contribution in [3.63, 3.8) is 0 Å². The maximum absolute atomic E-state index is 13.6. The number of carbonyl (C=O) groups excluding carboxylic acids is 1. The zero-order valence-corrected chi connectivity index (χ0v) is 22.2. The summed E-state index contributed by atoms with van der Waals surface area (Å²) in [4.78, 5) is 31.1. The van der Waals surface area contributed by atoms with Crippen LogP contribution in [0.25, 0.3) is 22.6 Å². The molecule has 5 aromatic rings. The molecule has 7 heteroatoms. The summed E-state index contributed by atoms with van der Waals surface area (Å²) in [5, 5.41) is 1.05. The predicted molar refractivity (Wildman–Crippen MR) is 154 cm³/mol. The Bertz CT molecular complexity index is 1800. The van der Waals surface area contributed by atoms with Crippen LogP contribution < -0.4 is 0 Å². The van der Waals surface area contributed by atoms with Crippen molar-refractivity contribution in [2.45, 2.75) is 33.1 Å². The van der Waals surface area contributed by atoms with E-state index in [9.17, 15) is 4.79 Å². The first kappa shape index (κ1) is 24.6. The molecule has 6 rings (SSSR count). The molecule has 4 aromatic heterocycles. The van der Waals surface area contributed by atoms with Crippen LogP contribution in [-0.2, 0) is 11.2 Å². The van der Waals surface area contributed by atoms with E-state index >= 15 is 0 Å². The number of rotatable bonds is 6. The van der Waals surface area contributed by atoms with Crippen LogP contribution in [0.4, 0.5) is 0 Å². The Hall–Kier alpha value is -4.78. The molecule has 39 heavy (non-hydrogen) atoms. The minimum absolute atomic E-state index is 0.0923. The van der Waals surface area contributed by atoms with E-state index in [2.05, 4.69) is 34.2 Å². The first-order chi connectivity index (χ1) is 19.0. The van der Waals surface area contributed by atoms with Crippen LogP contribution in [0.1, 0.15) is 58.5 Å². The maximum atomic E-state index is 13.6. The number of aryl methyl sites for hydroxylation is 1. The number of benzene rings is 1. The van der Waals surface area contributed by atoms with Crippen molar-refractivity contribution in [3.05, 3.63) is 119 Å². The molecule has 7 nitrogen and oxygen atoms in total. The third-order valence-corrected chi connectivity index (χ3v) is 7.04. The van der Waals surface area contributed by atoms with Gasteiger partial charge in [-0.1, -0.05) is 30.3 Å². The van der Waals surface area contributed by atoms with E-state index in [1.165, 1.54) is 0 Å². The molecule has 1 amide bonds. The number of hydrogen-bond acceptors (Lipinski definition) is 4. The number of allylic oxidation sites excluding steroid dienone is 2. The molecule has 1 aliphatic carbocycles. The second-order valence-corrected chi connectivity index (χ2v) is 9.75. The highest BCUT2D eigenvalue weighted by atomic mass is 16.5. The lowest BCUT2D eigenvalue weighted by atomic mass is 9.84. The van der Waals surface area contributed by atoms with Gasteiger partial charge in [0.25, 0.3) is 5.91 Å². The molecule has 1 atom stereocenters. The summed E-state index contributed by atoms with van der Waals surface area (Å²) in [5.41, 5.74) is 8.78. The number of aromatic amines is 1. The van der Waals surface area contributed by atoms with E-state index in [0.29, 0.717) is 23.7 Å². The van der Waals surface area contributed by atoms with Gasteiger partial charge in [-0.2, -0.15) is 0 Å². The summed E-state index contributed by atoms with van der Waals surface area (Å²) >= 11 is 0. The molecule has 0 radical (unpaired) electrons. The molecular weight excluding hydrogens is 486 g/mol. The van der Waals surface area contributed by atoms with Gasteiger partial charge < -0.3 is 9.72 Å². The van der Waals surface area contributed by atoms with E-state index in [1.807, 2.05) is 69.4 Å². The third-order valence-electron chi connectivity index (χ3n) is 7.04. The Balaban J connectivity index is 1.40. The van der Waals surface area contributed by atoms with E-state index < -0.39 is 0 Å². The topological polar surface area (TPSA) is 84.6 Å². The molecule has 0 aliphatic heterocycles. The van der Waals surface area contributed by atoms with Crippen molar-refractivity contribution in [1.82, 2.24) is 19.4 Å². The smallest absolute Gasteiger partial charge is 0.296 e. The SMILES string of the molecule is CCO/C=C\c1ccn2c(C(=O)N=C3C(C)=CC(Cc4cccc(C)n4)c4[nH]c5ccccc5c43)cnc2c1. The molecule has 0 spiro atoms. The quantitative estimate of drug-likeness (QED) is 0.264. The molecule has 0 bridgehead atoms. The average molecular weight is 516 g/mol. The summed E-state index contributed by atoms with van der Waals surface area (Å²) in [5.74, 6) is -0.243. The second-order valence-electron chi connectivity index (χ2n) is 9.75. The van der Waals surface area contributed by atoms with Gasteiger partial charge in [0.05, 0.1) is 24.8 Å². The first-order valence-electron chi connectivity index (χ1n) is 13.1. The standard InChI is InChI=1S/C32H29N5O2/c1-4-39-15-13-22-12-14-37-27(19-33-28(37)17-22)32(38)36-30-20(2)16-23(18-24-9-7-8-21(3)34-24)31-29(30)25-10-5-6-11-26(25)35-31/h5-17,19,23,35H,4,18H2,1-3H3/b15-13-,36-30?. The molecular formula is C32H29N5O2. The lowest BCUT2D eigenvalue weighted by molar-refractivity contribution is 0.0997. The van der Waals surface area contributed by atoms with Gasteiger partial charge in [0.2, 0.25) is 0 Å². The molecule has 1 aromatic carbocycles. The number of H-pyrrole nitrogens is 1. The van der Waals surface area contributed by atoms with E-state index in [1.54, 1.807) is 16.9 Å². The highest BCUT2D eigenvalue weighted by molar-refractivity contribution is 6.24. The van der Waals surface area contributed by atoms with Gasteiger partial charge in [-0.25, -0.2) is 9.98 Å². The minimum Gasteiger partial charge on any atom is -0.501 e. The number of aromatic nitrogens is 4. The molecule has 4 heterocycles. The van der Waals surface area contributed by atoms with Gasteiger partial charge in [-0.15, -0.1) is 0 Å². The normalized spacial score (nSPS) is 16.2. The Kier molecular flexibility index (Phi) is 6.40. The number of fused-ring (bicyclic) bond motifs is 4. The van der Waals surface area contributed by atoms with E-state index in [0.717, 1.165) is 51.1 Å². The van der Waals surface area contributed by atoms with E-state index in [4.69, 9.17) is 14.7 Å². The van der Waals surface area contributed by atoms with Gasteiger partial charge in [0.1, 0.15) is 11.3 Å². The van der Waals surface area contributed by atoms with Crippen molar-refractivity contribution in [2.75, 3.05) is 6.61 Å². The third kappa shape index (κ3) is 4.68. The summed E-state index contributed by atoms with van der Waals surface area (Å²) in [6, 6.07) is 18.1. The van der Waals surface area contributed by atoms with Gasteiger partial charge in [-0.3, -0.25) is 14.2 Å². The van der Waals surface area contributed by atoms with Gasteiger partial charge in [0, 0.05) is 52.1 Å². The van der Waals surface area contributed by atoms with Gasteiger partial charge in [-0.05, 0) is 68.3 Å². The number of para-hydroxylation sites is 1. The monoisotopic (exact) mass is 515 g/mol. The van der Waals surface area contributed by atoms with Crippen LogP contribution in [0.5, 0.6) is 0 Å².